The molecule has 1 aromatic heterocycles. The highest BCUT2D eigenvalue weighted by molar-refractivity contribution is 5.44. The molecule has 0 amide bonds. The zero-order valence-corrected chi connectivity index (χ0v) is 11.7. The second-order valence-electron chi connectivity index (χ2n) is 4.34. The zero-order chi connectivity index (χ0) is 13.5. The minimum Gasteiger partial charge on any atom is -0.354 e. The Balaban J connectivity index is 2.97. The average Bonchev–Trinajstić information content (AvgIpc) is 2.39. The molecule has 18 heavy (non-hydrogen) atoms. The van der Waals surface area contributed by atoms with Crippen LogP contribution in [0, 0.1) is 5.82 Å². The minimum absolute atomic E-state index is 0.262. The second kappa shape index (κ2) is 7.13. The Morgan fingerprint density at radius 3 is 2.67 bits per heavy atom. The van der Waals surface area contributed by atoms with Gasteiger partial charge in [0.2, 0.25) is 5.95 Å². The third-order valence-corrected chi connectivity index (χ3v) is 2.99. The summed E-state index contributed by atoms with van der Waals surface area (Å²) >= 11 is 0. The molecule has 0 bridgehead atoms. The quantitative estimate of drug-likeness (QED) is 0.812. The summed E-state index contributed by atoms with van der Waals surface area (Å²) in [6, 6.07) is 0.262. The number of halogens is 1. The van der Waals surface area contributed by atoms with Crippen LogP contribution in [0.4, 0.5) is 16.2 Å². The van der Waals surface area contributed by atoms with E-state index in [0.717, 1.165) is 25.9 Å². The van der Waals surface area contributed by atoms with Crippen LogP contribution in [0.5, 0.6) is 0 Å². The summed E-state index contributed by atoms with van der Waals surface area (Å²) in [6.45, 7) is 9.76. The first-order valence-electron chi connectivity index (χ1n) is 6.67. The third-order valence-electron chi connectivity index (χ3n) is 2.99. The van der Waals surface area contributed by atoms with Crippen LogP contribution in [0.3, 0.4) is 0 Å². The molecule has 0 saturated heterocycles. The Kier molecular flexibility index (Phi) is 5.82. The van der Waals surface area contributed by atoms with Crippen molar-refractivity contribution in [1.29, 1.82) is 0 Å². The van der Waals surface area contributed by atoms with Gasteiger partial charge in [0.15, 0.2) is 11.6 Å². The highest BCUT2D eigenvalue weighted by atomic mass is 19.1. The molecule has 5 heteroatoms. The lowest BCUT2D eigenvalue weighted by atomic mass is 10.2. The van der Waals surface area contributed by atoms with Crippen LogP contribution in [-0.4, -0.2) is 29.1 Å². The van der Waals surface area contributed by atoms with Gasteiger partial charge in [0, 0.05) is 19.1 Å². The first kappa shape index (κ1) is 14.7. The molecule has 4 nitrogen and oxygen atoms in total. The monoisotopic (exact) mass is 254 g/mol. The van der Waals surface area contributed by atoms with Crippen molar-refractivity contribution in [2.24, 2.45) is 0 Å². The van der Waals surface area contributed by atoms with Gasteiger partial charge in [0.1, 0.15) is 0 Å². The fourth-order valence-electron chi connectivity index (χ4n) is 1.77. The van der Waals surface area contributed by atoms with Crippen LogP contribution in [0.25, 0.3) is 0 Å². The van der Waals surface area contributed by atoms with Crippen molar-refractivity contribution in [3.63, 3.8) is 0 Å². The first-order chi connectivity index (χ1) is 8.63. The predicted molar refractivity (Wildman–Crippen MR) is 73.5 cm³/mol. The number of anilines is 2. The van der Waals surface area contributed by atoms with E-state index in [-0.39, 0.29) is 11.9 Å². The number of nitrogens with zero attached hydrogens (tertiary/aromatic N) is 3. The Labute approximate surface area is 109 Å². The predicted octanol–water partition coefficient (Wildman–Crippen LogP) is 3.06. The van der Waals surface area contributed by atoms with Crippen LogP contribution < -0.4 is 10.2 Å². The van der Waals surface area contributed by atoms with Gasteiger partial charge in [0.25, 0.3) is 0 Å². The Morgan fingerprint density at radius 1 is 1.39 bits per heavy atom. The van der Waals surface area contributed by atoms with Crippen LogP contribution >= 0.6 is 0 Å². The van der Waals surface area contributed by atoms with E-state index in [4.69, 9.17) is 0 Å². The van der Waals surface area contributed by atoms with Crippen LogP contribution in [0.15, 0.2) is 6.20 Å². The van der Waals surface area contributed by atoms with Gasteiger partial charge in [-0.05, 0) is 26.7 Å². The van der Waals surface area contributed by atoms with E-state index in [2.05, 4.69) is 36.1 Å². The Hall–Kier alpha value is -1.39. The molecule has 0 fully saturated rings. The normalized spacial score (nSPS) is 12.3. The highest BCUT2D eigenvalue weighted by Crippen LogP contribution is 2.20. The molecule has 0 aliphatic carbocycles. The summed E-state index contributed by atoms with van der Waals surface area (Å²) in [6.07, 6.45) is 3.18. The van der Waals surface area contributed by atoms with Crippen molar-refractivity contribution in [2.45, 2.75) is 46.6 Å². The van der Waals surface area contributed by atoms with E-state index >= 15 is 0 Å². The van der Waals surface area contributed by atoms with Gasteiger partial charge in [-0.15, -0.1) is 0 Å². The smallest absolute Gasteiger partial charge is 0.224 e. The number of aromatic nitrogens is 2. The third kappa shape index (κ3) is 3.55. The maximum absolute atomic E-state index is 13.8. The molecule has 0 aliphatic heterocycles. The lowest BCUT2D eigenvalue weighted by Crippen LogP contribution is -2.34. The number of hydrogen-bond acceptors (Lipinski definition) is 4. The van der Waals surface area contributed by atoms with E-state index < -0.39 is 0 Å². The zero-order valence-electron chi connectivity index (χ0n) is 11.7. The summed E-state index contributed by atoms with van der Waals surface area (Å²) < 4.78 is 13.8. The largest absolute Gasteiger partial charge is 0.354 e. The van der Waals surface area contributed by atoms with Crippen LogP contribution in [0.2, 0.25) is 0 Å². The van der Waals surface area contributed by atoms with Gasteiger partial charge < -0.3 is 10.2 Å². The molecule has 0 saturated carbocycles. The van der Waals surface area contributed by atoms with E-state index in [1.165, 1.54) is 6.20 Å². The van der Waals surface area contributed by atoms with Gasteiger partial charge in [-0.2, -0.15) is 4.98 Å². The molecule has 102 valence electrons. The first-order valence-corrected chi connectivity index (χ1v) is 6.67. The highest BCUT2D eigenvalue weighted by Gasteiger charge is 2.17. The molecule has 0 aliphatic rings. The van der Waals surface area contributed by atoms with Crippen LogP contribution in [0.1, 0.15) is 40.5 Å². The summed E-state index contributed by atoms with van der Waals surface area (Å²) in [5.41, 5.74) is 0. The topological polar surface area (TPSA) is 41.1 Å². The number of nitrogens with one attached hydrogen (secondary N) is 1. The van der Waals surface area contributed by atoms with E-state index in [0.29, 0.717) is 11.8 Å². The van der Waals surface area contributed by atoms with Crippen LogP contribution in [-0.2, 0) is 0 Å². The average molecular weight is 254 g/mol. The number of rotatable bonds is 7. The molecule has 1 rings (SSSR count). The van der Waals surface area contributed by atoms with Crippen molar-refractivity contribution < 1.29 is 4.39 Å². The van der Waals surface area contributed by atoms with Gasteiger partial charge in [-0.3, -0.25) is 0 Å². The lowest BCUT2D eigenvalue weighted by Gasteiger charge is -2.28. The molecular weight excluding hydrogens is 231 g/mol. The van der Waals surface area contributed by atoms with Crippen molar-refractivity contribution in [1.82, 2.24) is 9.97 Å². The van der Waals surface area contributed by atoms with Crippen molar-refractivity contribution in [3.05, 3.63) is 12.0 Å². The molecule has 1 atom stereocenters. The maximum atomic E-state index is 13.8. The molecule has 1 N–H and O–H groups in total. The summed E-state index contributed by atoms with van der Waals surface area (Å²) in [5, 5.41) is 3.08. The molecule has 0 aromatic carbocycles. The SMILES string of the molecule is CCCNc1ncc(F)c(N(CC)C(C)CC)n1. The fraction of sp³-hybridized carbons (Fsp3) is 0.692. The fourth-order valence-corrected chi connectivity index (χ4v) is 1.77. The molecular formula is C13H23FN4. The molecule has 0 spiro atoms. The molecule has 1 heterocycles. The van der Waals surface area contributed by atoms with Gasteiger partial charge in [0.05, 0.1) is 6.20 Å². The van der Waals surface area contributed by atoms with E-state index in [9.17, 15) is 4.39 Å². The summed E-state index contributed by atoms with van der Waals surface area (Å²) in [7, 11) is 0. The minimum atomic E-state index is -0.362. The van der Waals surface area contributed by atoms with E-state index in [1.807, 2.05) is 11.8 Å². The lowest BCUT2D eigenvalue weighted by molar-refractivity contribution is 0.569. The van der Waals surface area contributed by atoms with Gasteiger partial charge in [-0.25, -0.2) is 9.37 Å². The molecule has 0 radical (unpaired) electrons. The van der Waals surface area contributed by atoms with E-state index in [1.54, 1.807) is 0 Å². The molecule has 1 unspecified atom stereocenters. The van der Waals surface area contributed by atoms with Crippen molar-refractivity contribution in [3.8, 4) is 0 Å². The Bertz CT molecular complexity index is 370. The number of hydrogen-bond donors (Lipinski definition) is 1. The van der Waals surface area contributed by atoms with Gasteiger partial charge in [-0.1, -0.05) is 13.8 Å². The molecule has 1 aromatic rings. The van der Waals surface area contributed by atoms with Crippen molar-refractivity contribution >= 4 is 11.8 Å². The summed E-state index contributed by atoms with van der Waals surface area (Å²) in [4.78, 5) is 10.2. The standard InChI is InChI=1S/C13H23FN4/c1-5-8-15-13-16-9-11(14)12(17-13)18(7-3)10(4)6-2/h9-10H,5-8H2,1-4H3,(H,15,16,17). The second-order valence-corrected chi connectivity index (χ2v) is 4.34. The summed E-state index contributed by atoms with van der Waals surface area (Å²) in [5.74, 6) is 0.523. The maximum Gasteiger partial charge on any atom is 0.224 e. The Morgan fingerprint density at radius 2 is 2.11 bits per heavy atom. The van der Waals surface area contributed by atoms with Crippen molar-refractivity contribution in [2.75, 3.05) is 23.3 Å². The van der Waals surface area contributed by atoms with Gasteiger partial charge >= 0.3 is 0 Å².